The van der Waals surface area contributed by atoms with E-state index >= 15 is 0 Å². The van der Waals surface area contributed by atoms with Crippen molar-refractivity contribution in [3.63, 3.8) is 0 Å². The molecule has 328 valence electrons. The van der Waals surface area contributed by atoms with Gasteiger partial charge in [-0.15, -0.1) is 0 Å². The molecule has 12 nitrogen and oxygen atoms in total. The van der Waals surface area contributed by atoms with Crippen LogP contribution < -0.4 is 5.32 Å². The molecule has 0 radical (unpaired) electrons. The maximum atomic E-state index is 14.5. The Hall–Kier alpha value is -5.75. The average Bonchev–Trinajstić information content (AvgIpc) is 4.20. The van der Waals surface area contributed by atoms with E-state index in [1.165, 1.54) is 24.8 Å². The molecule has 5 aromatic rings. The number of aromatic nitrogens is 4. The fourth-order valence-corrected chi connectivity index (χ4v) is 11.8. The lowest BCUT2D eigenvalue weighted by Gasteiger charge is -2.53. The van der Waals surface area contributed by atoms with Gasteiger partial charge in [0.15, 0.2) is 0 Å². The van der Waals surface area contributed by atoms with Crippen molar-refractivity contribution < 1.29 is 19.1 Å². The van der Waals surface area contributed by atoms with Gasteiger partial charge in [-0.05, 0) is 118 Å². The maximum absolute atomic E-state index is 14.5. The van der Waals surface area contributed by atoms with E-state index in [-0.39, 0.29) is 40.8 Å². The quantitative estimate of drug-likeness (QED) is 0.121. The Bertz CT molecular complexity index is 2370. The second-order valence-electron chi connectivity index (χ2n) is 18.8. The van der Waals surface area contributed by atoms with Gasteiger partial charge in [0.05, 0.1) is 31.1 Å². The largest absolute Gasteiger partial charge is 0.453 e. The molecule has 3 aliphatic heterocycles. The van der Waals surface area contributed by atoms with Crippen LogP contribution in [0.3, 0.4) is 0 Å². The molecule has 6 fully saturated rings. The van der Waals surface area contributed by atoms with E-state index in [1.807, 2.05) is 47.5 Å². The van der Waals surface area contributed by atoms with Gasteiger partial charge in [-0.1, -0.05) is 91.3 Å². The van der Waals surface area contributed by atoms with Crippen LogP contribution in [0.25, 0.3) is 11.3 Å². The van der Waals surface area contributed by atoms with Gasteiger partial charge in [-0.3, -0.25) is 14.5 Å². The Kier molecular flexibility index (Phi) is 11.4. The number of imidazole rings is 2. The first kappa shape index (κ1) is 41.3. The summed E-state index contributed by atoms with van der Waals surface area (Å²) in [4.78, 5) is 64.4. The number of benzene rings is 3. The molecular weight excluding hydrogens is 789 g/mol. The minimum atomic E-state index is -0.856. The molecule has 3 aliphatic carbocycles. The number of rotatable bonds is 11. The highest BCUT2D eigenvalue weighted by Crippen LogP contribution is 2.58. The molecule has 0 unspecified atom stereocenters. The number of alkyl carbamates (subject to hydrolysis) is 1. The Morgan fingerprint density at radius 1 is 0.651 bits per heavy atom. The summed E-state index contributed by atoms with van der Waals surface area (Å²) in [5, 5.41) is 2.75. The fourth-order valence-electron chi connectivity index (χ4n) is 11.8. The third kappa shape index (κ3) is 7.85. The number of methoxy groups -OCH3 is 1. The zero-order valence-electron chi connectivity index (χ0n) is 36.4. The van der Waals surface area contributed by atoms with Crippen molar-refractivity contribution in [1.82, 2.24) is 40.0 Å². The number of carbonyl (C=O) groups excluding carboxylic acids is 3. The maximum Gasteiger partial charge on any atom is 0.407 e. The molecule has 12 heteroatoms. The molecule has 2 bridgehead atoms. The zero-order chi connectivity index (χ0) is 43.0. The van der Waals surface area contributed by atoms with Gasteiger partial charge < -0.3 is 29.8 Å². The van der Waals surface area contributed by atoms with Crippen molar-refractivity contribution >= 4 is 17.9 Å². The standard InChI is InChI=1S/C51H60N8O4/c1-63-49(62)56-43(36-13-5-2-6-14-36)47(60)58-31-11-17-40(58)45-52-33-39(54-45)35-19-21-38(22-20-35)50-23-26-51(27-24-50,28-25-50)42-34-53-46(55-42)41-18-12-32-59(41)48(61)44(37-15-7-3-8-16-37)57-29-9-4-10-30-57/h2-3,5-8,13-16,19-22,33-34,40-41,43-44H,4,9-12,17-18,23-32H2,1H3,(H,52,54)(H,53,55)(H,56,62)/t40-,41-,43+,44+,50?,51?/m0/s1. The predicted molar refractivity (Wildman–Crippen MR) is 240 cm³/mol. The van der Waals surface area contributed by atoms with Crippen LogP contribution >= 0.6 is 0 Å². The fraction of sp³-hybridized carbons (Fsp3) is 0.471. The molecule has 3 N–H and O–H groups in total. The van der Waals surface area contributed by atoms with Crippen LogP contribution in [0.1, 0.15) is 142 Å². The third-order valence-electron chi connectivity index (χ3n) is 15.5. The lowest BCUT2D eigenvalue weighted by atomic mass is 9.51. The van der Waals surface area contributed by atoms with Gasteiger partial charge >= 0.3 is 6.09 Å². The molecule has 0 spiro atoms. The van der Waals surface area contributed by atoms with E-state index in [0.717, 1.165) is 125 Å². The molecule has 4 atom stereocenters. The minimum absolute atomic E-state index is 0.0173. The summed E-state index contributed by atoms with van der Waals surface area (Å²) < 4.78 is 4.87. The summed E-state index contributed by atoms with van der Waals surface area (Å²) in [6.45, 7) is 3.29. The van der Waals surface area contributed by atoms with Gasteiger partial charge in [0.25, 0.3) is 5.91 Å². The van der Waals surface area contributed by atoms with Gasteiger partial charge in [0.2, 0.25) is 5.91 Å². The molecule has 3 saturated carbocycles. The first-order valence-electron chi connectivity index (χ1n) is 23.4. The van der Waals surface area contributed by atoms with E-state index in [4.69, 9.17) is 14.7 Å². The van der Waals surface area contributed by atoms with Crippen LogP contribution in [-0.4, -0.2) is 85.8 Å². The van der Waals surface area contributed by atoms with Gasteiger partial charge in [0, 0.05) is 30.4 Å². The normalized spacial score (nSPS) is 25.8. The van der Waals surface area contributed by atoms with E-state index < -0.39 is 12.1 Å². The zero-order valence-corrected chi connectivity index (χ0v) is 36.4. The summed E-state index contributed by atoms with van der Waals surface area (Å²) in [7, 11) is 1.30. The SMILES string of the molecule is COC(=O)N[C@@H](C(=O)N1CCC[C@H]1c1ncc(-c2ccc(C34CCC(c5cnc([C@@H]6CCCN6C(=O)[C@@H](c6ccccc6)N6CCCCC6)[nH]5)(CC3)CC4)cc2)[nH]1)c1ccccc1. The molecule has 3 aromatic carbocycles. The van der Waals surface area contributed by atoms with Crippen molar-refractivity contribution in [3.8, 4) is 11.3 Å². The number of nitrogens with one attached hydrogen (secondary N) is 3. The topological polar surface area (TPSA) is 140 Å². The third-order valence-corrected chi connectivity index (χ3v) is 15.5. The van der Waals surface area contributed by atoms with Crippen molar-refractivity contribution in [2.45, 2.75) is 118 Å². The highest BCUT2D eigenvalue weighted by molar-refractivity contribution is 5.87. The number of amides is 3. The summed E-state index contributed by atoms with van der Waals surface area (Å²) in [6, 6.07) is 27.4. The summed E-state index contributed by atoms with van der Waals surface area (Å²) in [5.74, 6) is 1.74. The number of carbonyl (C=O) groups is 3. The number of likely N-dealkylation sites (tertiary alicyclic amines) is 3. The van der Waals surface area contributed by atoms with Crippen molar-refractivity contribution in [2.75, 3.05) is 33.3 Å². The smallest absolute Gasteiger partial charge is 0.407 e. The first-order chi connectivity index (χ1) is 30.8. The van der Waals surface area contributed by atoms with Gasteiger partial charge in [-0.25, -0.2) is 14.8 Å². The number of nitrogens with zero attached hydrogens (tertiary/aromatic N) is 5. The molecular formula is C51H60N8O4. The highest BCUT2D eigenvalue weighted by Gasteiger charge is 2.51. The Balaban J connectivity index is 0.797. The lowest BCUT2D eigenvalue weighted by molar-refractivity contribution is -0.139. The first-order valence-corrected chi connectivity index (χ1v) is 23.4. The van der Waals surface area contributed by atoms with E-state index in [0.29, 0.717) is 12.1 Å². The molecule has 5 heterocycles. The lowest BCUT2D eigenvalue weighted by Crippen LogP contribution is -2.46. The average molecular weight is 849 g/mol. The predicted octanol–water partition coefficient (Wildman–Crippen LogP) is 8.99. The number of ether oxygens (including phenoxy) is 1. The summed E-state index contributed by atoms with van der Waals surface area (Å²) >= 11 is 0. The number of H-pyrrole nitrogens is 2. The van der Waals surface area contributed by atoms with E-state index in [9.17, 15) is 14.4 Å². The number of hydrogen-bond acceptors (Lipinski definition) is 7. The summed E-state index contributed by atoms with van der Waals surface area (Å²) in [5.41, 5.74) is 6.71. The minimum Gasteiger partial charge on any atom is -0.453 e. The van der Waals surface area contributed by atoms with Gasteiger partial charge in [-0.2, -0.15) is 0 Å². The second kappa shape index (κ2) is 17.4. The number of fused-ring (bicyclic) bond motifs is 3. The van der Waals surface area contributed by atoms with E-state index in [1.54, 1.807) is 0 Å². The highest BCUT2D eigenvalue weighted by atomic mass is 16.5. The van der Waals surface area contributed by atoms with Crippen LogP contribution in [0.2, 0.25) is 0 Å². The second-order valence-corrected chi connectivity index (χ2v) is 18.8. The summed E-state index contributed by atoms with van der Waals surface area (Å²) in [6.07, 6.45) is 17.2. The van der Waals surface area contributed by atoms with Crippen LogP contribution in [0.5, 0.6) is 0 Å². The van der Waals surface area contributed by atoms with Crippen molar-refractivity contribution in [1.29, 1.82) is 0 Å². The number of piperidine rings is 1. The molecule has 6 aliphatic rings. The Morgan fingerprint density at radius 3 is 1.86 bits per heavy atom. The monoisotopic (exact) mass is 848 g/mol. The molecule has 3 amide bonds. The molecule has 63 heavy (non-hydrogen) atoms. The molecule has 11 rings (SSSR count). The van der Waals surface area contributed by atoms with Crippen molar-refractivity contribution in [3.05, 3.63) is 131 Å². The van der Waals surface area contributed by atoms with Crippen LogP contribution in [0, 0.1) is 0 Å². The van der Waals surface area contributed by atoms with E-state index in [2.05, 4.69) is 79.8 Å². The van der Waals surface area contributed by atoms with Crippen LogP contribution in [0.15, 0.2) is 97.3 Å². The number of aromatic amines is 2. The van der Waals surface area contributed by atoms with Crippen LogP contribution in [0.4, 0.5) is 4.79 Å². The Morgan fingerprint density at radius 2 is 1.22 bits per heavy atom. The van der Waals surface area contributed by atoms with Gasteiger partial charge in [0.1, 0.15) is 23.7 Å². The Labute approximate surface area is 370 Å². The molecule has 3 saturated heterocycles. The van der Waals surface area contributed by atoms with Crippen LogP contribution in [-0.2, 0) is 25.2 Å². The number of hydrogen-bond donors (Lipinski definition) is 3. The van der Waals surface area contributed by atoms with Crippen molar-refractivity contribution in [2.24, 2.45) is 0 Å². The molecule has 2 aromatic heterocycles.